The summed E-state index contributed by atoms with van der Waals surface area (Å²) >= 11 is 12.2. The molecule has 0 radical (unpaired) electrons. The van der Waals surface area contributed by atoms with Crippen molar-refractivity contribution in [3.8, 4) is 5.75 Å². The number of ether oxygens (including phenoxy) is 1. The molecule has 2 aromatic rings. The van der Waals surface area contributed by atoms with Crippen LogP contribution in [0.5, 0.6) is 5.75 Å². The molecule has 0 saturated heterocycles. The molecule has 0 saturated carbocycles. The van der Waals surface area contributed by atoms with Crippen molar-refractivity contribution in [1.29, 1.82) is 0 Å². The summed E-state index contributed by atoms with van der Waals surface area (Å²) in [5.41, 5.74) is 2.74. The van der Waals surface area contributed by atoms with E-state index in [1.807, 2.05) is 38.2 Å². The van der Waals surface area contributed by atoms with Crippen LogP contribution in [0.2, 0.25) is 5.02 Å². The molecule has 5 heteroatoms. The van der Waals surface area contributed by atoms with Crippen molar-refractivity contribution >= 4 is 23.2 Å². The van der Waals surface area contributed by atoms with E-state index in [2.05, 4.69) is 5.10 Å². The van der Waals surface area contributed by atoms with Crippen LogP contribution in [-0.2, 0) is 26.0 Å². The van der Waals surface area contributed by atoms with Crippen LogP contribution in [0, 0.1) is 0 Å². The minimum absolute atomic E-state index is 0.385. The van der Waals surface area contributed by atoms with Gasteiger partial charge < -0.3 is 4.74 Å². The van der Waals surface area contributed by atoms with Crippen LogP contribution in [0.3, 0.4) is 0 Å². The minimum Gasteiger partial charge on any atom is -0.487 e. The van der Waals surface area contributed by atoms with Gasteiger partial charge in [-0.1, -0.05) is 36.7 Å². The molecule has 0 fully saturated rings. The van der Waals surface area contributed by atoms with Gasteiger partial charge in [0.05, 0.1) is 22.3 Å². The Hall–Kier alpha value is -1.19. The SMILES string of the molecule is CCc1nn(C)c(COc2ccccc2CCl)c1Cl. The predicted octanol–water partition coefficient (Wildman–Crippen LogP) is 3.95. The second-order valence-corrected chi connectivity index (χ2v) is 4.86. The smallest absolute Gasteiger partial charge is 0.131 e. The molecule has 102 valence electrons. The van der Waals surface area contributed by atoms with Gasteiger partial charge in [-0.25, -0.2) is 0 Å². The summed E-state index contributed by atoms with van der Waals surface area (Å²) in [6, 6.07) is 7.72. The van der Waals surface area contributed by atoms with E-state index in [9.17, 15) is 0 Å². The summed E-state index contributed by atoms with van der Waals surface area (Å²) < 4.78 is 7.57. The number of aryl methyl sites for hydroxylation is 2. The van der Waals surface area contributed by atoms with Gasteiger partial charge in [0.25, 0.3) is 0 Å². The number of para-hydroxylation sites is 1. The largest absolute Gasteiger partial charge is 0.487 e. The highest BCUT2D eigenvalue weighted by Crippen LogP contribution is 2.25. The summed E-state index contributed by atoms with van der Waals surface area (Å²) in [7, 11) is 1.87. The van der Waals surface area contributed by atoms with Gasteiger partial charge >= 0.3 is 0 Å². The molecular formula is C14H16Cl2N2O. The van der Waals surface area contributed by atoms with Crippen molar-refractivity contribution in [2.24, 2.45) is 7.05 Å². The minimum atomic E-state index is 0.385. The standard InChI is InChI=1S/C14H16Cl2N2O/c1-3-11-14(16)12(18(2)17-11)9-19-13-7-5-4-6-10(13)8-15/h4-7H,3,8-9H2,1-2H3. The molecule has 0 N–H and O–H groups in total. The third-order valence-corrected chi connectivity index (χ3v) is 3.71. The van der Waals surface area contributed by atoms with Crippen molar-refractivity contribution in [3.05, 3.63) is 46.2 Å². The zero-order chi connectivity index (χ0) is 13.8. The fourth-order valence-electron chi connectivity index (χ4n) is 1.88. The monoisotopic (exact) mass is 298 g/mol. The molecule has 0 spiro atoms. The first kappa shape index (κ1) is 14.2. The third kappa shape index (κ3) is 3.04. The number of hydrogen-bond acceptors (Lipinski definition) is 2. The maximum atomic E-state index is 6.28. The maximum absolute atomic E-state index is 6.28. The number of halogens is 2. The lowest BCUT2D eigenvalue weighted by molar-refractivity contribution is 0.292. The van der Waals surface area contributed by atoms with Crippen LogP contribution in [0.25, 0.3) is 0 Å². The van der Waals surface area contributed by atoms with Crippen molar-refractivity contribution in [1.82, 2.24) is 9.78 Å². The molecule has 0 unspecified atom stereocenters. The number of rotatable bonds is 5. The highest BCUT2D eigenvalue weighted by Gasteiger charge is 2.13. The van der Waals surface area contributed by atoms with E-state index in [0.717, 1.165) is 29.1 Å². The zero-order valence-electron chi connectivity index (χ0n) is 11.0. The Bertz CT molecular complexity index is 567. The summed E-state index contributed by atoms with van der Waals surface area (Å²) in [5.74, 6) is 1.21. The van der Waals surface area contributed by atoms with E-state index < -0.39 is 0 Å². The van der Waals surface area contributed by atoms with Gasteiger partial charge in [-0.15, -0.1) is 11.6 Å². The third-order valence-electron chi connectivity index (χ3n) is 2.98. The molecule has 1 aromatic carbocycles. The molecule has 0 bridgehead atoms. The molecule has 0 amide bonds. The van der Waals surface area contributed by atoms with E-state index in [4.69, 9.17) is 27.9 Å². The Labute approximate surface area is 123 Å². The molecule has 0 atom stereocenters. The lowest BCUT2D eigenvalue weighted by atomic mass is 10.2. The van der Waals surface area contributed by atoms with Gasteiger partial charge in [-0.2, -0.15) is 5.10 Å². The number of aromatic nitrogens is 2. The first-order valence-corrected chi connectivity index (χ1v) is 7.05. The molecular weight excluding hydrogens is 283 g/mol. The Balaban J connectivity index is 2.17. The van der Waals surface area contributed by atoms with Gasteiger partial charge in [-0.05, 0) is 12.5 Å². The quantitative estimate of drug-likeness (QED) is 0.782. The van der Waals surface area contributed by atoms with Crippen molar-refractivity contribution in [3.63, 3.8) is 0 Å². The first-order valence-electron chi connectivity index (χ1n) is 6.14. The average Bonchev–Trinajstić information content (AvgIpc) is 2.71. The van der Waals surface area contributed by atoms with E-state index in [0.29, 0.717) is 17.5 Å². The van der Waals surface area contributed by atoms with Crippen LogP contribution >= 0.6 is 23.2 Å². The summed E-state index contributed by atoms with van der Waals surface area (Å²) in [4.78, 5) is 0. The van der Waals surface area contributed by atoms with Gasteiger partial charge in [0.15, 0.2) is 0 Å². The molecule has 0 aliphatic carbocycles. The molecule has 0 aliphatic rings. The van der Waals surface area contributed by atoms with Gasteiger partial charge in [0.2, 0.25) is 0 Å². The van der Waals surface area contributed by atoms with Crippen LogP contribution in [0.4, 0.5) is 0 Å². The molecule has 19 heavy (non-hydrogen) atoms. The number of nitrogens with zero attached hydrogens (tertiary/aromatic N) is 2. The summed E-state index contributed by atoms with van der Waals surface area (Å²) in [6.07, 6.45) is 0.810. The second-order valence-electron chi connectivity index (χ2n) is 4.21. The topological polar surface area (TPSA) is 27.1 Å². The summed E-state index contributed by atoms with van der Waals surface area (Å²) in [5, 5.41) is 5.05. The maximum Gasteiger partial charge on any atom is 0.131 e. The first-order chi connectivity index (χ1) is 9.17. The Morgan fingerprint density at radius 2 is 2.05 bits per heavy atom. The Morgan fingerprint density at radius 1 is 1.32 bits per heavy atom. The molecule has 1 aromatic heterocycles. The van der Waals surface area contributed by atoms with Crippen LogP contribution in [0.15, 0.2) is 24.3 Å². The fourth-order valence-corrected chi connectivity index (χ4v) is 2.45. The highest BCUT2D eigenvalue weighted by molar-refractivity contribution is 6.31. The van der Waals surface area contributed by atoms with Gasteiger partial charge in [-0.3, -0.25) is 4.68 Å². The Kier molecular flexibility index (Phi) is 4.72. The van der Waals surface area contributed by atoms with Crippen molar-refractivity contribution in [2.75, 3.05) is 0 Å². The van der Waals surface area contributed by atoms with Gasteiger partial charge in [0, 0.05) is 12.6 Å². The highest BCUT2D eigenvalue weighted by atomic mass is 35.5. The molecule has 3 nitrogen and oxygen atoms in total. The molecule has 0 aliphatic heterocycles. The number of hydrogen-bond donors (Lipinski definition) is 0. The summed E-state index contributed by atoms with van der Waals surface area (Å²) in [6.45, 7) is 2.41. The van der Waals surface area contributed by atoms with Crippen LogP contribution in [0.1, 0.15) is 23.9 Å². The van der Waals surface area contributed by atoms with Crippen LogP contribution < -0.4 is 4.74 Å². The average molecular weight is 299 g/mol. The van der Waals surface area contributed by atoms with Crippen LogP contribution in [-0.4, -0.2) is 9.78 Å². The van der Waals surface area contributed by atoms with E-state index in [-0.39, 0.29) is 0 Å². The molecule has 1 heterocycles. The molecule has 2 rings (SSSR count). The zero-order valence-corrected chi connectivity index (χ0v) is 12.5. The normalized spacial score (nSPS) is 10.7. The second kappa shape index (κ2) is 6.31. The Morgan fingerprint density at radius 3 is 2.68 bits per heavy atom. The number of alkyl halides is 1. The lowest BCUT2D eigenvalue weighted by Crippen LogP contribution is -2.04. The van der Waals surface area contributed by atoms with Gasteiger partial charge in [0.1, 0.15) is 12.4 Å². The van der Waals surface area contributed by atoms with Crippen molar-refractivity contribution < 1.29 is 4.74 Å². The van der Waals surface area contributed by atoms with E-state index >= 15 is 0 Å². The van der Waals surface area contributed by atoms with Crippen molar-refractivity contribution in [2.45, 2.75) is 25.8 Å². The predicted molar refractivity (Wildman–Crippen MR) is 77.9 cm³/mol. The van der Waals surface area contributed by atoms with E-state index in [1.165, 1.54) is 0 Å². The number of benzene rings is 1. The fraction of sp³-hybridized carbons (Fsp3) is 0.357. The van der Waals surface area contributed by atoms with E-state index in [1.54, 1.807) is 4.68 Å². The lowest BCUT2D eigenvalue weighted by Gasteiger charge is -2.10.